The number of rotatable bonds is 17. The van der Waals surface area contributed by atoms with Gasteiger partial charge in [-0.2, -0.15) is 0 Å². The SMILES string of the molecule is CCC(=O)O[C@@H]1CC(=O)O[C@@H](C/C=C/c2cncc(C(N)=O)c2)CCCN(C)C[C@H](O)[C@H](C)C[C@H](CC=O)[C@H](O[C@@H]2OC(C)[C@H](O[C@H]3CC(C)(OC(C)=O)[C@@H](OC(=O)CC)C(C)O3)C(N(C)C)C2O)[C@H]1OC. The van der Waals surface area contributed by atoms with Crippen LogP contribution in [-0.4, -0.2) is 188 Å². The molecule has 3 saturated heterocycles. The molecule has 0 bridgehead atoms. The van der Waals surface area contributed by atoms with Crippen LogP contribution in [0.2, 0.25) is 0 Å². The van der Waals surface area contributed by atoms with Crippen LogP contribution in [0, 0.1) is 11.8 Å². The number of nitrogens with zero attached hydrogens (tertiary/aromatic N) is 3. The number of carbonyl (C=O) groups is 6. The van der Waals surface area contributed by atoms with E-state index in [2.05, 4.69) is 4.98 Å². The van der Waals surface area contributed by atoms with Crippen molar-refractivity contribution in [3.63, 3.8) is 0 Å². The van der Waals surface area contributed by atoms with Gasteiger partial charge in [0.1, 0.15) is 36.8 Å². The number of aromatic nitrogens is 1. The highest BCUT2D eigenvalue weighted by Crippen LogP contribution is 2.39. The van der Waals surface area contributed by atoms with Crippen LogP contribution in [0.25, 0.3) is 6.08 Å². The van der Waals surface area contributed by atoms with Crippen LogP contribution in [0.1, 0.15) is 122 Å². The van der Waals surface area contributed by atoms with E-state index in [9.17, 15) is 39.0 Å². The predicted octanol–water partition coefficient (Wildman–Crippen LogP) is 3.13. The van der Waals surface area contributed by atoms with E-state index in [0.29, 0.717) is 31.2 Å². The van der Waals surface area contributed by atoms with Gasteiger partial charge in [0.25, 0.3) is 0 Å². The Labute approximate surface area is 423 Å². The number of nitrogens with two attached hydrogens (primary N) is 1. The number of aldehydes is 1. The number of β-amino-alcohol motifs (C(OH)–C–C–N with tert-alkyl or cyclic N) is 1. The van der Waals surface area contributed by atoms with Crippen LogP contribution < -0.4 is 5.73 Å². The molecule has 1 aromatic rings. The molecule has 1 aromatic heterocycles. The number of methoxy groups -OCH3 is 1. The third-order valence-electron chi connectivity index (χ3n) is 13.6. The Balaban J connectivity index is 1.70. The van der Waals surface area contributed by atoms with Crippen molar-refractivity contribution in [3.8, 4) is 0 Å². The molecule has 4 N–H and O–H groups in total. The van der Waals surface area contributed by atoms with E-state index in [1.165, 1.54) is 20.2 Å². The van der Waals surface area contributed by atoms with Crippen LogP contribution in [0.4, 0.5) is 0 Å². The van der Waals surface area contributed by atoms with Crippen molar-refractivity contribution < 1.29 is 81.6 Å². The Morgan fingerprint density at radius 1 is 0.986 bits per heavy atom. The maximum absolute atomic E-state index is 14.1. The molecule has 0 aromatic carbocycles. The van der Waals surface area contributed by atoms with E-state index in [-0.39, 0.29) is 50.6 Å². The molecule has 406 valence electrons. The van der Waals surface area contributed by atoms with Gasteiger partial charge in [-0.15, -0.1) is 0 Å². The summed E-state index contributed by atoms with van der Waals surface area (Å²) in [6.07, 6.45) is -4.57. The molecule has 0 radical (unpaired) electrons. The highest BCUT2D eigenvalue weighted by molar-refractivity contribution is 5.92. The molecule has 21 nitrogen and oxygen atoms in total. The van der Waals surface area contributed by atoms with E-state index in [1.54, 1.807) is 78.0 Å². The van der Waals surface area contributed by atoms with Crippen LogP contribution in [-0.2, 0) is 66.6 Å². The molecule has 72 heavy (non-hydrogen) atoms. The van der Waals surface area contributed by atoms with Crippen LogP contribution in [0.5, 0.6) is 0 Å². The zero-order valence-electron chi connectivity index (χ0n) is 43.8. The molecule has 21 heteroatoms. The molecule has 5 unspecified atom stereocenters. The van der Waals surface area contributed by atoms with Gasteiger partial charge in [-0.25, -0.2) is 0 Å². The molecular weight excluding hydrogens is 941 g/mol. The van der Waals surface area contributed by atoms with Crippen molar-refractivity contribution in [1.82, 2.24) is 14.8 Å². The standard InChI is InChI=1S/C51H80N4O17/c1-12-39(59)68-38-24-41(61)67-36(17-14-16-33-23-35(49(52)63)27-53-26-33)18-15-20-55(10)28-37(58)29(3)22-34(19-21-56)46(47(38)64-11)71-50-44(62)43(54(8)9)45(30(4)66-50)70-42-25-51(7,72-32(6)57)48(31(5)65-42)69-40(60)13-2/h14,16,21,23,26-27,29-31,34,36-38,42-48,50,58,62H,12-13,15,17-20,22,24-25,28H2,1-11H3,(H2,52,63)/b16-14+/t29-,30?,31?,34+,36+,37+,38-,42+,43?,44?,45+,46+,47+,48+,50+,51?/m1/s1. The summed E-state index contributed by atoms with van der Waals surface area (Å²) in [4.78, 5) is 84.3. The zero-order valence-corrected chi connectivity index (χ0v) is 43.8. The van der Waals surface area contributed by atoms with Gasteiger partial charge in [-0.1, -0.05) is 32.9 Å². The van der Waals surface area contributed by atoms with Gasteiger partial charge in [-0.3, -0.25) is 29.0 Å². The second-order valence-electron chi connectivity index (χ2n) is 19.8. The number of cyclic esters (lactones) is 1. The minimum atomic E-state index is -1.46. The summed E-state index contributed by atoms with van der Waals surface area (Å²) in [5.41, 5.74) is 4.95. The fourth-order valence-corrected chi connectivity index (χ4v) is 9.89. The first-order valence-electron chi connectivity index (χ1n) is 25.0. The third kappa shape index (κ3) is 17.1. The van der Waals surface area contributed by atoms with E-state index >= 15 is 0 Å². The summed E-state index contributed by atoms with van der Waals surface area (Å²) < 4.78 is 55.8. The number of pyridine rings is 1. The van der Waals surface area contributed by atoms with Crippen LogP contribution in [0.15, 0.2) is 24.5 Å². The summed E-state index contributed by atoms with van der Waals surface area (Å²) >= 11 is 0. The summed E-state index contributed by atoms with van der Waals surface area (Å²) in [6.45, 7) is 12.2. The van der Waals surface area contributed by atoms with Gasteiger partial charge >= 0.3 is 23.9 Å². The number of hydrogen-bond donors (Lipinski definition) is 3. The van der Waals surface area contributed by atoms with Gasteiger partial charge in [0.2, 0.25) is 5.91 Å². The lowest BCUT2D eigenvalue weighted by Gasteiger charge is -2.50. The van der Waals surface area contributed by atoms with E-state index in [1.807, 2.05) is 18.9 Å². The smallest absolute Gasteiger partial charge is 0.309 e. The Bertz CT molecular complexity index is 1970. The second-order valence-corrected chi connectivity index (χ2v) is 19.8. The zero-order chi connectivity index (χ0) is 53.4. The van der Waals surface area contributed by atoms with Crippen molar-refractivity contribution in [1.29, 1.82) is 0 Å². The van der Waals surface area contributed by atoms with Gasteiger partial charge in [-0.05, 0) is 91.2 Å². The lowest BCUT2D eigenvalue weighted by Crippen LogP contribution is -2.66. The molecule has 0 aliphatic carbocycles. The van der Waals surface area contributed by atoms with E-state index < -0.39 is 133 Å². The maximum Gasteiger partial charge on any atom is 0.309 e. The molecule has 3 fully saturated rings. The third-order valence-corrected chi connectivity index (χ3v) is 13.6. The van der Waals surface area contributed by atoms with Crippen molar-refractivity contribution in [2.24, 2.45) is 17.6 Å². The molecule has 0 spiro atoms. The Hall–Kier alpha value is -4.45. The highest BCUT2D eigenvalue weighted by atomic mass is 16.7. The monoisotopic (exact) mass is 1020 g/mol. The normalized spacial score (nSPS) is 34.8. The summed E-state index contributed by atoms with van der Waals surface area (Å²) in [7, 11) is 6.71. The minimum Gasteiger partial charge on any atom is -0.462 e. The molecule has 4 heterocycles. The number of carbonyl (C=O) groups excluding carboxylic acids is 6. The Kier molecular flexibility index (Phi) is 23.6. The average molecular weight is 1020 g/mol. The summed E-state index contributed by atoms with van der Waals surface area (Å²) in [5.74, 6) is -4.24. The number of likely N-dealkylation sites (N-methyl/N-ethyl adjacent to an activating group) is 2. The Morgan fingerprint density at radius 3 is 2.31 bits per heavy atom. The van der Waals surface area contributed by atoms with Gasteiger partial charge in [0.15, 0.2) is 24.3 Å². The maximum atomic E-state index is 14.1. The van der Waals surface area contributed by atoms with Gasteiger partial charge in [0.05, 0.1) is 42.4 Å². The van der Waals surface area contributed by atoms with Crippen molar-refractivity contribution >= 4 is 42.1 Å². The highest BCUT2D eigenvalue weighted by Gasteiger charge is 2.54. The lowest BCUT2D eigenvalue weighted by atomic mass is 9.82. The number of primary amides is 1. The number of esters is 4. The largest absolute Gasteiger partial charge is 0.462 e. The van der Waals surface area contributed by atoms with Crippen molar-refractivity contribution in [3.05, 3.63) is 35.7 Å². The molecule has 3 aliphatic rings. The van der Waals surface area contributed by atoms with Crippen molar-refractivity contribution in [2.75, 3.05) is 41.3 Å². The topological polar surface area (TPSA) is 271 Å². The quantitative estimate of drug-likeness (QED) is 0.115. The average Bonchev–Trinajstić information content (AvgIpc) is 3.30. The number of hydrogen-bond acceptors (Lipinski definition) is 20. The first-order valence-corrected chi connectivity index (χ1v) is 25.0. The summed E-state index contributed by atoms with van der Waals surface area (Å²) in [6, 6.07) is 0.747. The molecule has 3 aliphatic heterocycles. The lowest BCUT2D eigenvalue weighted by molar-refractivity contribution is -0.344. The number of amides is 1. The van der Waals surface area contributed by atoms with Crippen LogP contribution in [0.3, 0.4) is 0 Å². The second kappa shape index (κ2) is 28.3. The van der Waals surface area contributed by atoms with E-state index in [0.717, 1.165) is 0 Å². The van der Waals surface area contributed by atoms with Gasteiger partial charge < -0.3 is 73.2 Å². The number of aliphatic hydroxyl groups is 2. The van der Waals surface area contributed by atoms with Gasteiger partial charge in [0, 0.05) is 65.1 Å². The molecule has 4 rings (SSSR count). The Morgan fingerprint density at radius 2 is 1.68 bits per heavy atom. The predicted molar refractivity (Wildman–Crippen MR) is 259 cm³/mol. The number of aliphatic hydroxyl groups excluding tert-OH is 2. The fraction of sp³-hybridized carbons (Fsp3) is 0.745. The first kappa shape index (κ1) is 60.1. The molecule has 16 atom stereocenters. The van der Waals surface area contributed by atoms with Crippen molar-refractivity contribution in [2.45, 2.75) is 192 Å². The number of ether oxygens (including phenoxy) is 9. The first-order chi connectivity index (χ1) is 34.0. The minimum absolute atomic E-state index is 0.0366. The molecule has 1 amide bonds. The fourth-order valence-electron chi connectivity index (χ4n) is 9.89. The molecular formula is C51H80N4O17. The van der Waals surface area contributed by atoms with E-state index in [4.69, 9.17) is 48.4 Å². The summed E-state index contributed by atoms with van der Waals surface area (Å²) in [5, 5.41) is 24.0. The van der Waals surface area contributed by atoms with Crippen LogP contribution >= 0.6 is 0 Å². The molecule has 0 saturated carbocycles.